The van der Waals surface area contributed by atoms with Crippen LogP contribution in [0.5, 0.6) is 0 Å². The van der Waals surface area contributed by atoms with Crippen molar-refractivity contribution in [2.75, 3.05) is 44.2 Å². The van der Waals surface area contributed by atoms with Crippen LogP contribution in [0.2, 0.25) is 12.1 Å². The summed E-state index contributed by atoms with van der Waals surface area (Å²) in [5.41, 5.74) is 20.5. The number of nitrogens with zero attached hydrogens (tertiary/aromatic N) is 2. The van der Waals surface area contributed by atoms with Gasteiger partial charge >= 0.3 is 23.9 Å². The molecule has 21 heteroatoms. The number of cyclic esters (lactones) is 4. The Morgan fingerprint density at radius 3 is 1.31 bits per heavy atom. The average Bonchev–Trinajstić information content (AvgIpc) is 4.06. The number of ketones is 2. The van der Waals surface area contributed by atoms with E-state index in [0.29, 0.717) is 26.8 Å². The number of hydrogen-bond donors (Lipinski definition) is 3. The van der Waals surface area contributed by atoms with Crippen LogP contribution in [-0.2, 0) is 18.3 Å². The molecule has 6 aromatic rings. The Bertz CT molecular complexity index is 3270. The van der Waals surface area contributed by atoms with Gasteiger partial charge in [-0.05, 0) is 116 Å². The number of amides is 4. The summed E-state index contributed by atoms with van der Waals surface area (Å²) in [5.74, 6) is -5.85. The minimum Gasteiger partial charge on any atom is -0.421 e. The van der Waals surface area contributed by atoms with Crippen LogP contribution in [-0.4, -0.2) is 111 Å². The van der Waals surface area contributed by atoms with E-state index in [1.54, 1.807) is 50.6 Å². The fourth-order valence-electron chi connectivity index (χ4n) is 7.86. The van der Waals surface area contributed by atoms with E-state index in [0.717, 1.165) is 44.1 Å². The van der Waals surface area contributed by atoms with Crippen molar-refractivity contribution in [3.8, 4) is 0 Å². The fourth-order valence-corrected chi connectivity index (χ4v) is 9.11. The van der Waals surface area contributed by atoms with Crippen molar-refractivity contribution >= 4 is 95.7 Å². The first-order valence-corrected chi connectivity index (χ1v) is 26.4. The van der Waals surface area contributed by atoms with Gasteiger partial charge in [0.2, 0.25) is 19.5 Å². The normalized spacial score (nSPS) is 13.0. The number of anilines is 3. The van der Waals surface area contributed by atoms with Crippen molar-refractivity contribution < 1.29 is 66.3 Å². The van der Waals surface area contributed by atoms with Gasteiger partial charge in [0.25, 0.3) is 23.6 Å². The van der Waals surface area contributed by atoms with Crippen LogP contribution >= 0.6 is 0 Å². The summed E-state index contributed by atoms with van der Waals surface area (Å²) >= 11 is 0. The molecule has 4 radical (unpaired) electrons. The number of carbonyl (C=O) groups excluding carboxylic acids is 10. The lowest BCUT2D eigenvalue weighted by Gasteiger charge is -2.14. The molecule has 0 unspecified atom stereocenters. The molecule has 414 valence electrons. The molecule has 6 N–H and O–H groups in total. The van der Waals surface area contributed by atoms with E-state index >= 15 is 0 Å². The monoisotopic (exact) mass is 1120 g/mol. The average molecular weight is 1120 g/mol. The Hall–Kier alpha value is -8.87. The molecule has 0 atom stereocenters. The molecule has 4 aliphatic rings. The second-order valence-electron chi connectivity index (χ2n) is 17.4. The number of fused-ring (bicyclic) bond motifs is 4. The first-order chi connectivity index (χ1) is 37.3. The second kappa shape index (κ2) is 29.2. The molecule has 4 amide bonds. The summed E-state index contributed by atoms with van der Waals surface area (Å²) in [6, 6.07) is 33.2. The van der Waals surface area contributed by atoms with Crippen LogP contribution in [0.3, 0.4) is 0 Å². The fraction of sp³-hybridized carbons (Fsp3) is 0.220. The summed E-state index contributed by atoms with van der Waals surface area (Å²) < 4.78 is 18.6. The molecule has 0 aliphatic carbocycles. The van der Waals surface area contributed by atoms with Gasteiger partial charge in [-0.3, -0.25) is 33.7 Å². The van der Waals surface area contributed by atoms with Gasteiger partial charge in [0.1, 0.15) is 0 Å². The molecule has 0 saturated carbocycles. The van der Waals surface area contributed by atoms with Gasteiger partial charge in [-0.2, -0.15) is 0 Å². The van der Waals surface area contributed by atoms with Crippen molar-refractivity contribution in [2.45, 2.75) is 60.1 Å². The topological polar surface area (TPSA) is 292 Å². The summed E-state index contributed by atoms with van der Waals surface area (Å²) in [7, 11) is 6.22. The number of nitrogens with two attached hydrogens (primary N) is 3. The Kier molecular flexibility index (Phi) is 23.2. The van der Waals surface area contributed by atoms with Crippen LogP contribution in [0.1, 0.15) is 161 Å². The lowest BCUT2D eigenvalue weighted by Crippen LogP contribution is -2.29. The van der Waals surface area contributed by atoms with Gasteiger partial charge in [-0.1, -0.05) is 77.1 Å². The lowest BCUT2D eigenvalue weighted by molar-refractivity contribution is 0.0425. The Balaban J connectivity index is 0.000000250. The molecule has 4 heterocycles. The first-order valence-electron chi connectivity index (χ1n) is 24.1. The summed E-state index contributed by atoms with van der Waals surface area (Å²) in [6.45, 7) is 4.85. The Labute approximate surface area is 468 Å². The maximum atomic E-state index is 13.1. The standard InChI is InChI=1S/C25H16N2O5.C17H6O7.C6H8N2.C5H12OSi.C4H11NOSi.2CH4/c1-13-4-3-5-16(10-13)27-24(31)18-9-7-15(12-20(18)25(27)32)21(28)14-6-8-17-19(11-14)23(30)26(2)22(17)29;18-13(7-1-3-9-11(5-7)16(21)23-14(9)19)8-2-4-10-12(6-8)17(22)24-15(10)20;7-5-2-1-3-6(8)4-5;1-3-4-5-7-6-2;1-6-7-4-2-3-5;;/h3-12H,1-2H3;1-6H;1-4H,7-8H2;3-5H2,1-2H3;2-5H2,1H3;2*1H4. The van der Waals surface area contributed by atoms with E-state index in [-0.39, 0.29) is 81.6 Å². The highest BCUT2D eigenvalue weighted by molar-refractivity contribution is 6.35. The van der Waals surface area contributed by atoms with E-state index in [4.69, 9.17) is 26.1 Å². The molecule has 80 heavy (non-hydrogen) atoms. The molecule has 0 bridgehead atoms. The predicted molar refractivity (Wildman–Crippen MR) is 303 cm³/mol. The predicted octanol–water partition coefficient (Wildman–Crippen LogP) is 8.40. The molecular formula is C59H61N5O14Si2. The van der Waals surface area contributed by atoms with Gasteiger partial charge in [0, 0.05) is 54.9 Å². The molecule has 6 aromatic carbocycles. The molecule has 0 spiro atoms. The van der Waals surface area contributed by atoms with Crippen molar-refractivity contribution in [1.29, 1.82) is 0 Å². The number of esters is 4. The maximum absolute atomic E-state index is 13.1. The molecule has 10 rings (SSSR count). The number of aryl methyl sites for hydroxylation is 1. The number of carbonyl (C=O) groups is 10. The minimum absolute atomic E-state index is 0. The quantitative estimate of drug-likeness (QED) is 0.0186. The van der Waals surface area contributed by atoms with Gasteiger partial charge < -0.3 is 35.5 Å². The van der Waals surface area contributed by atoms with Gasteiger partial charge in [0.05, 0.1) is 50.2 Å². The number of imide groups is 2. The number of nitrogen functional groups attached to an aromatic ring is 2. The molecule has 4 aliphatic heterocycles. The van der Waals surface area contributed by atoms with Crippen LogP contribution in [0.15, 0.2) is 121 Å². The van der Waals surface area contributed by atoms with Crippen LogP contribution in [0, 0.1) is 6.92 Å². The number of unbranched alkanes of at least 4 members (excludes halogenated alkanes) is 1. The van der Waals surface area contributed by atoms with Crippen LogP contribution in [0.25, 0.3) is 0 Å². The summed E-state index contributed by atoms with van der Waals surface area (Å²) in [4.78, 5) is 124. The Morgan fingerprint density at radius 2 is 0.887 bits per heavy atom. The van der Waals surface area contributed by atoms with Gasteiger partial charge in [-0.15, -0.1) is 0 Å². The molecule has 0 saturated heterocycles. The molecule has 0 fully saturated rings. The van der Waals surface area contributed by atoms with Crippen molar-refractivity contribution in [3.63, 3.8) is 0 Å². The smallest absolute Gasteiger partial charge is 0.346 e. The van der Waals surface area contributed by atoms with E-state index in [1.165, 1.54) is 98.7 Å². The SMILES string of the molecule is C.C.CCCC[Si]OC.CO[Si]CCCN.Cc1cccc(N2C(=O)c3ccc(C(=O)c4ccc5c(c4)C(=O)N(C)C5=O)cc3C2=O)c1.Nc1cccc(N)c1.O=C(c1ccc2c(c1)C(=O)OC2=O)c1ccc2c(c1)C(=O)OC2=O. The van der Waals surface area contributed by atoms with Crippen molar-refractivity contribution in [3.05, 3.63) is 194 Å². The lowest BCUT2D eigenvalue weighted by atomic mass is 9.96. The third kappa shape index (κ3) is 14.8. The maximum Gasteiger partial charge on any atom is 0.346 e. The van der Waals surface area contributed by atoms with Crippen molar-refractivity contribution in [2.24, 2.45) is 5.73 Å². The third-order valence-electron chi connectivity index (χ3n) is 11.9. The van der Waals surface area contributed by atoms with Crippen molar-refractivity contribution in [1.82, 2.24) is 4.90 Å². The van der Waals surface area contributed by atoms with E-state index in [1.807, 2.05) is 19.1 Å². The molecule has 0 aromatic heterocycles. The molecular weight excluding hydrogens is 1060 g/mol. The number of benzene rings is 6. The number of hydrogen-bond acceptors (Lipinski definition) is 17. The third-order valence-corrected chi connectivity index (χ3v) is 13.6. The van der Waals surface area contributed by atoms with Gasteiger partial charge in [0.15, 0.2) is 11.6 Å². The molecule has 19 nitrogen and oxygen atoms in total. The number of rotatable bonds is 13. The van der Waals surface area contributed by atoms with Crippen LogP contribution in [0.4, 0.5) is 17.1 Å². The zero-order chi connectivity index (χ0) is 56.8. The Morgan fingerprint density at radius 1 is 0.500 bits per heavy atom. The first kappa shape index (κ1) is 63.7. The minimum atomic E-state index is -0.812. The van der Waals surface area contributed by atoms with E-state index < -0.39 is 59.1 Å². The highest BCUT2D eigenvalue weighted by Gasteiger charge is 2.38. The zero-order valence-electron chi connectivity index (χ0n) is 43.1. The zero-order valence-corrected chi connectivity index (χ0v) is 45.1. The second-order valence-corrected chi connectivity index (χ2v) is 19.8. The highest BCUT2D eigenvalue weighted by Crippen LogP contribution is 2.31. The largest absolute Gasteiger partial charge is 0.421 e. The van der Waals surface area contributed by atoms with Gasteiger partial charge in [-0.25, -0.2) is 24.1 Å². The van der Waals surface area contributed by atoms with E-state index in [9.17, 15) is 47.9 Å². The summed E-state index contributed by atoms with van der Waals surface area (Å²) in [6.07, 6.45) is 3.69. The highest BCUT2D eigenvalue weighted by atomic mass is 28.2. The van der Waals surface area contributed by atoms with E-state index in [2.05, 4.69) is 16.4 Å². The number of ether oxygens (including phenoxy) is 2. The van der Waals surface area contributed by atoms with Crippen LogP contribution < -0.4 is 22.1 Å². The summed E-state index contributed by atoms with van der Waals surface area (Å²) in [5, 5.41) is 0.